The number of carbonyl (C=O) groups is 3. The van der Waals surface area contributed by atoms with Crippen LogP contribution >= 0.6 is 11.6 Å². The van der Waals surface area contributed by atoms with Crippen LogP contribution in [-0.4, -0.2) is 29.3 Å². The van der Waals surface area contributed by atoms with E-state index < -0.39 is 23.4 Å². The van der Waals surface area contributed by atoms with Crippen LogP contribution in [0.15, 0.2) is 54.6 Å². The highest BCUT2D eigenvalue weighted by atomic mass is 35.5. The van der Waals surface area contributed by atoms with Gasteiger partial charge < -0.3 is 10.6 Å². The number of imide groups is 1. The van der Waals surface area contributed by atoms with E-state index in [0.29, 0.717) is 10.6 Å². The van der Waals surface area contributed by atoms with Crippen LogP contribution in [0.3, 0.4) is 0 Å². The summed E-state index contributed by atoms with van der Waals surface area (Å²) in [5.74, 6) is -0.865. The molecule has 6 nitrogen and oxygen atoms in total. The van der Waals surface area contributed by atoms with Gasteiger partial charge in [-0.1, -0.05) is 54.1 Å². The van der Waals surface area contributed by atoms with Crippen molar-refractivity contribution in [1.82, 2.24) is 15.5 Å². The second kappa shape index (κ2) is 7.17. The van der Waals surface area contributed by atoms with Crippen molar-refractivity contribution in [3.63, 3.8) is 0 Å². The Kier molecular flexibility index (Phi) is 4.95. The zero-order valence-corrected chi connectivity index (χ0v) is 14.9. The first-order chi connectivity index (χ1) is 12.4. The fourth-order valence-electron chi connectivity index (χ4n) is 2.81. The van der Waals surface area contributed by atoms with Crippen LogP contribution in [0.4, 0.5) is 4.79 Å². The number of carbonyl (C=O) groups excluding carboxylic acids is 3. The molecule has 2 aromatic carbocycles. The number of nitrogens with one attached hydrogen (secondary N) is 2. The second-order valence-electron chi connectivity index (χ2n) is 6.22. The van der Waals surface area contributed by atoms with E-state index in [9.17, 15) is 14.4 Å². The van der Waals surface area contributed by atoms with E-state index in [2.05, 4.69) is 10.6 Å². The van der Waals surface area contributed by atoms with Gasteiger partial charge in [-0.2, -0.15) is 0 Å². The third-order valence-corrected chi connectivity index (χ3v) is 4.58. The first-order valence-electron chi connectivity index (χ1n) is 8.11. The summed E-state index contributed by atoms with van der Waals surface area (Å²) in [7, 11) is 0. The van der Waals surface area contributed by atoms with E-state index in [0.717, 1.165) is 10.5 Å². The van der Waals surface area contributed by atoms with E-state index in [1.807, 2.05) is 6.07 Å². The molecule has 0 aliphatic carbocycles. The lowest BCUT2D eigenvalue weighted by Crippen LogP contribution is -2.43. The lowest BCUT2D eigenvalue weighted by atomic mass is 9.92. The van der Waals surface area contributed by atoms with Crippen molar-refractivity contribution in [2.75, 3.05) is 6.54 Å². The first-order valence-corrected chi connectivity index (χ1v) is 8.49. The number of hydrogen-bond acceptors (Lipinski definition) is 3. The van der Waals surface area contributed by atoms with Crippen LogP contribution in [-0.2, 0) is 21.7 Å². The molecule has 1 aliphatic rings. The molecular formula is C19H18ClN3O3. The predicted octanol–water partition coefficient (Wildman–Crippen LogP) is 2.42. The Bertz CT molecular complexity index is 839. The molecule has 1 aliphatic heterocycles. The molecule has 2 aromatic rings. The van der Waals surface area contributed by atoms with Crippen molar-refractivity contribution in [3.8, 4) is 0 Å². The monoisotopic (exact) mass is 371 g/mol. The summed E-state index contributed by atoms with van der Waals surface area (Å²) >= 11 is 5.82. The maximum absolute atomic E-state index is 12.7. The molecule has 1 saturated heterocycles. The molecule has 2 N–H and O–H groups in total. The molecule has 3 rings (SSSR count). The quantitative estimate of drug-likeness (QED) is 0.792. The molecular weight excluding hydrogens is 354 g/mol. The standard InChI is InChI=1S/C19H18ClN3O3/c1-19(14-5-3-2-4-6-14)17(25)23(18(26)22-19)12-16(24)21-11-13-7-9-15(20)10-8-13/h2-10H,11-12H2,1H3,(H,21,24)(H,22,26)/t19-/m0/s1. The van der Waals surface area contributed by atoms with Crippen LogP contribution in [0.25, 0.3) is 0 Å². The molecule has 0 spiro atoms. The maximum Gasteiger partial charge on any atom is 0.325 e. The van der Waals surface area contributed by atoms with Gasteiger partial charge in [-0.3, -0.25) is 14.5 Å². The van der Waals surface area contributed by atoms with Gasteiger partial charge in [0.05, 0.1) is 0 Å². The molecule has 0 unspecified atom stereocenters. The van der Waals surface area contributed by atoms with Gasteiger partial charge in [0.1, 0.15) is 12.1 Å². The summed E-state index contributed by atoms with van der Waals surface area (Å²) in [5, 5.41) is 5.98. The summed E-state index contributed by atoms with van der Waals surface area (Å²) in [6.45, 7) is 1.59. The molecule has 1 heterocycles. The number of rotatable bonds is 5. The highest BCUT2D eigenvalue weighted by Gasteiger charge is 2.49. The smallest absolute Gasteiger partial charge is 0.325 e. The second-order valence-corrected chi connectivity index (χ2v) is 6.65. The Morgan fingerprint density at radius 1 is 1.12 bits per heavy atom. The zero-order valence-electron chi connectivity index (χ0n) is 14.2. The van der Waals surface area contributed by atoms with Crippen molar-refractivity contribution in [1.29, 1.82) is 0 Å². The molecule has 7 heteroatoms. The molecule has 26 heavy (non-hydrogen) atoms. The number of hydrogen-bond donors (Lipinski definition) is 2. The molecule has 134 valence electrons. The van der Waals surface area contributed by atoms with Gasteiger partial charge in [-0.15, -0.1) is 0 Å². The van der Waals surface area contributed by atoms with Gasteiger partial charge in [0.2, 0.25) is 5.91 Å². The average molecular weight is 372 g/mol. The van der Waals surface area contributed by atoms with Crippen molar-refractivity contribution >= 4 is 29.4 Å². The van der Waals surface area contributed by atoms with Gasteiger partial charge in [0, 0.05) is 11.6 Å². The zero-order chi connectivity index (χ0) is 18.7. The molecule has 0 radical (unpaired) electrons. The van der Waals surface area contributed by atoms with Crippen molar-refractivity contribution in [2.45, 2.75) is 19.0 Å². The maximum atomic E-state index is 12.7. The van der Waals surface area contributed by atoms with Gasteiger partial charge in [0.25, 0.3) is 5.91 Å². The van der Waals surface area contributed by atoms with Crippen molar-refractivity contribution < 1.29 is 14.4 Å². The van der Waals surface area contributed by atoms with Crippen LogP contribution in [0.5, 0.6) is 0 Å². The van der Waals surface area contributed by atoms with Gasteiger partial charge in [-0.05, 0) is 30.2 Å². The predicted molar refractivity (Wildman–Crippen MR) is 97.3 cm³/mol. The van der Waals surface area contributed by atoms with E-state index in [1.54, 1.807) is 55.5 Å². The molecule has 4 amide bonds. The van der Waals surface area contributed by atoms with Crippen LogP contribution in [0.2, 0.25) is 5.02 Å². The summed E-state index contributed by atoms with van der Waals surface area (Å²) in [6.07, 6.45) is 0. The van der Waals surface area contributed by atoms with E-state index in [4.69, 9.17) is 11.6 Å². The van der Waals surface area contributed by atoms with Gasteiger partial charge in [0.15, 0.2) is 0 Å². The molecule has 0 saturated carbocycles. The van der Waals surface area contributed by atoms with E-state index in [-0.39, 0.29) is 13.1 Å². The minimum Gasteiger partial charge on any atom is -0.350 e. The van der Waals surface area contributed by atoms with Crippen LogP contribution in [0.1, 0.15) is 18.1 Å². The van der Waals surface area contributed by atoms with E-state index in [1.165, 1.54) is 0 Å². The number of nitrogens with zero attached hydrogens (tertiary/aromatic N) is 1. The first kappa shape index (κ1) is 17.9. The van der Waals surface area contributed by atoms with E-state index >= 15 is 0 Å². The highest BCUT2D eigenvalue weighted by molar-refractivity contribution is 6.30. The summed E-state index contributed by atoms with van der Waals surface area (Å²) in [4.78, 5) is 38.1. The van der Waals surface area contributed by atoms with Crippen molar-refractivity contribution in [2.24, 2.45) is 0 Å². The minimum absolute atomic E-state index is 0.287. The molecule has 0 aromatic heterocycles. The molecule has 1 atom stereocenters. The van der Waals surface area contributed by atoms with Gasteiger partial charge in [-0.25, -0.2) is 4.79 Å². The Morgan fingerprint density at radius 3 is 2.42 bits per heavy atom. The highest BCUT2D eigenvalue weighted by Crippen LogP contribution is 2.28. The third-order valence-electron chi connectivity index (χ3n) is 4.33. The Labute approximate surface area is 156 Å². The Morgan fingerprint density at radius 2 is 1.77 bits per heavy atom. The van der Waals surface area contributed by atoms with Crippen molar-refractivity contribution in [3.05, 3.63) is 70.7 Å². The summed E-state index contributed by atoms with van der Waals surface area (Å²) < 4.78 is 0. The fourth-order valence-corrected chi connectivity index (χ4v) is 2.94. The fraction of sp³-hybridized carbons (Fsp3) is 0.211. The van der Waals surface area contributed by atoms with Crippen LogP contribution < -0.4 is 10.6 Å². The van der Waals surface area contributed by atoms with Gasteiger partial charge >= 0.3 is 6.03 Å². The number of halogens is 1. The third kappa shape index (κ3) is 3.55. The topological polar surface area (TPSA) is 78.5 Å². The summed E-state index contributed by atoms with van der Waals surface area (Å²) in [5.41, 5.74) is 0.367. The minimum atomic E-state index is -1.17. The Hall–Kier alpha value is -2.86. The SMILES string of the molecule is C[C@@]1(c2ccccc2)NC(=O)N(CC(=O)NCc2ccc(Cl)cc2)C1=O. The largest absolute Gasteiger partial charge is 0.350 e. The normalized spacial score (nSPS) is 19.4. The number of benzene rings is 2. The Balaban J connectivity index is 1.64. The number of amides is 4. The lowest BCUT2D eigenvalue weighted by Gasteiger charge is -2.22. The molecule has 1 fully saturated rings. The summed E-state index contributed by atoms with van der Waals surface area (Å²) in [6, 6.07) is 15.4. The number of urea groups is 1. The average Bonchev–Trinajstić information content (AvgIpc) is 2.86. The molecule has 0 bridgehead atoms. The lowest BCUT2D eigenvalue weighted by molar-refractivity contribution is -0.134. The van der Waals surface area contributed by atoms with Crippen LogP contribution in [0, 0.1) is 0 Å².